The number of carbonyl (C=O) groups excluding carboxylic acids is 1. The summed E-state index contributed by atoms with van der Waals surface area (Å²) in [5, 5.41) is 0.173. The number of sulfonamides is 1. The highest BCUT2D eigenvalue weighted by atomic mass is 35.5. The van der Waals surface area contributed by atoms with E-state index in [0.29, 0.717) is 17.9 Å². The van der Waals surface area contributed by atoms with E-state index < -0.39 is 10.0 Å². The molecule has 0 N–H and O–H groups in total. The number of piperazine rings is 1. The predicted octanol–water partition coefficient (Wildman–Crippen LogP) is 3.63. The van der Waals surface area contributed by atoms with Crippen LogP contribution in [0.1, 0.15) is 24.0 Å². The van der Waals surface area contributed by atoms with Crippen LogP contribution in [0.25, 0.3) is 6.08 Å². The Morgan fingerprint density at radius 3 is 2.37 bits per heavy atom. The van der Waals surface area contributed by atoms with E-state index in [2.05, 4.69) is 4.90 Å². The molecule has 2 aliphatic heterocycles. The van der Waals surface area contributed by atoms with E-state index >= 15 is 0 Å². The molecule has 0 spiro atoms. The van der Waals surface area contributed by atoms with Gasteiger partial charge >= 0.3 is 0 Å². The maximum Gasteiger partial charge on any atom is 0.247 e. The Morgan fingerprint density at radius 2 is 1.80 bits per heavy atom. The number of hydrogen-bond acceptors (Lipinski definition) is 5. The van der Waals surface area contributed by atoms with Gasteiger partial charge in [0.05, 0.1) is 17.0 Å². The number of ether oxygens (including phenoxy) is 1. The van der Waals surface area contributed by atoms with Crippen LogP contribution in [0.2, 0.25) is 5.02 Å². The van der Waals surface area contributed by atoms with Gasteiger partial charge < -0.3 is 9.64 Å². The Balaban J connectivity index is 1.52. The fourth-order valence-electron chi connectivity index (χ4n) is 4.83. The lowest BCUT2D eigenvalue weighted by atomic mass is 10.1. The molecule has 7 nitrogen and oxygen atoms in total. The second kappa shape index (κ2) is 10.3. The molecular weight excluding hydrogens is 493 g/mol. The number of hydrogen-bond donors (Lipinski definition) is 0. The van der Waals surface area contributed by atoms with Gasteiger partial charge in [-0.05, 0) is 54.3 Å². The van der Waals surface area contributed by atoms with Crippen LogP contribution < -0.4 is 4.74 Å². The minimum absolute atomic E-state index is 0.00411. The van der Waals surface area contributed by atoms with E-state index in [1.54, 1.807) is 12.1 Å². The Hall–Kier alpha value is -2.46. The molecule has 1 amide bonds. The zero-order valence-corrected chi connectivity index (χ0v) is 21.5. The molecule has 0 saturated carbocycles. The first-order valence-corrected chi connectivity index (χ1v) is 13.2. The second-order valence-corrected chi connectivity index (χ2v) is 11.6. The van der Waals surface area contributed by atoms with Crippen LogP contribution in [0.15, 0.2) is 47.4 Å². The fourth-order valence-corrected chi connectivity index (χ4v) is 6.22. The smallest absolute Gasteiger partial charge is 0.247 e. The number of amides is 1. The van der Waals surface area contributed by atoms with Gasteiger partial charge in [0, 0.05) is 51.9 Å². The van der Waals surface area contributed by atoms with Gasteiger partial charge in [-0.2, -0.15) is 0 Å². The maximum atomic E-state index is 13.2. The molecule has 2 aromatic carbocycles. The van der Waals surface area contributed by atoms with Gasteiger partial charge in [0.15, 0.2) is 0 Å². The highest BCUT2D eigenvalue weighted by Crippen LogP contribution is 2.34. The van der Waals surface area contributed by atoms with Crippen LogP contribution in [-0.2, 0) is 21.4 Å². The third-order valence-corrected chi connectivity index (χ3v) is 8.75. The van der Waals surface area contributed by atoms with E-state index in [1.807, 2.05) is 4.90 Å². The van der Waals surface area contributed by atoms with Crippen LogP contribution in [-0.4, -0.2) is 74.8 Å². The van der Waals surface area contributed by atoms with Crippen molar-refractivity contribution in [3.63, 3.8) is 0 Å². The quantitative estimate of drug-likeness (QED) is 0.520. The lowest BCUT2D eigenvalue weighted by Gasteiger charge is -2.40. The normalized spacial score (nSPS) is 20.7. The molecular formula is C25H29ClFN3O4S. The third-order valence-electron chi connectivity index (χ3n) is 6.58. The number of rotatable bonds is 7. The van der Waals surface area contributed by atoms with Gasteiger partial charge in [-0.3, -0.25) is 9.69 Å². The first kappa shape index (κ1) is 25.6. The number of nitrogens with zero attached hydrogens (tertiary/aromatic N) is 3. The van der Waals surface area contributed by atoms with Crippen molar-refractivity contribution >= 4 is 33.6 Å². The average molecular weight is 522 g/mol. The Kier molecular flexibility index (Phi) is 7.51. The number of carbonyl (C=O) groups is 1. The van der Waals surface area contributed by atoms with Gasteiger partial charge in [0.1, 0.15) is 11.6 Å². The van der Waals surface area contributed by atoms with Crippen molar-refractivity contribution in [1.82, 2.24) is 14.1 Å². The molecule has 2 atom stereocenters. The Bertz CT molecular complexity index is 1220. The molecule has 2 fully saturated rings. The summed E-state index contributed by atoms with van der Waals surface area (Å²) in [5.41, 5.74) is 1.37. The number of fused-ring (bicyclic) bond motifs is 2. The standard InChI is InChI=1S/C25H29ClFN3O4S/c1-28(2)35(32,33)24-13-22(26)23(34-3)12-18(24)6-11-25(31)30-20-9-10-21(30)16-29(15-20)14-17-4-7-19(27)8-5-17/h4-8,11-13,20-21H,9-10,14-16H2,1-3H3/b11-6+. The van der Waals surface area contributed by atoms with E-state index in [0.717, 1.165) is 35.8 Å². The zero-order chi connectivity index (χ0) is 25.3. The van der Waals surface area contributed by atoms with E-state index in [9.17, 15) is 17.6 Å². The van der Waals surface area contributed by atoms with E-state index in [4.69, 9.17) is 16.3 Å². The second-order valence-electron chi connectivity index (χ2n) is 9.10. The number of halogens is 2. The topological polar surface area (TPSA) is 70.2 Å². The summed E-state index contributed by atoms with van der Waals surface area (Å²) in [6.45, 7) is 2.19. The molecule has 2 aromatic rings. The molecule has 2 heterocycles. The van der Waals surface area contributed by atoms with E-state index in [1.165, 1.54) is 57.6 Å². The molecule has 2 bridgehead atoms. The van der Waals surface area contributed by atoms with Crippen molar-refractivity contribution in [2.24, 2.45) is 0 Å². The third kappa shape index (κ3) is 5.38. The predicted molar refractivity (Wildman–Crippen MR) is 133 cm³/mol. The first-order chi connectivity index (χ1) is 16.6. The monoisotopic (exact) mass is 521 g/mol. The number of methoxy groups -OCH3 is 1. The molecule has 2 unspecified atom stereocenters. The Labute approximate surface area is 210 Å². The highest BCUT2D eigenvalue weighted by Gasteiger charge is 2.41. The van der Waals surface area contributed by atoms with Crippen LogP contribution in [0.4, 0.5) is 4.39 Å². The summed E-state index contributed by atoms with van der Waals surface area (Å²) >= 11 is 6.19. The van der Waals surface area contributed by atoms with Crippen molar-refractivity contribution in [2.75, 3.05) is 34.3 Å². The van der Waals surface area contributed by atoms with Crippen molar-refractivity contribution < 1.29 is 22.3 Å². The summed E-state index contributed by atoms with van der Waals surface area (Å²) in [5.74, 6) is -0.0807. The van der Waals surface area contributed by atoms with Crippen LogP contribution >= 0.6 is 11.6 Å². The summed E-state index contributed by atoms with van der Waals surface area (Å²) in [7, 11) is 0.537. The maximum absolute atomic E-state index is 13.2. The average Bonchev–Trinajstić information content (AvgIpc) is 3.09. The number of likely N-dealkylation sites (tertiary alicyclic amines) is 1. The first-order valence-electron chi connectivity index (χ1n) is 11.4. The van der Waals surface area contributed by atoms with Crippen molar-refractivity contribution in [2.45, 2.75) is 36.4 Å². The van der Waals surface area contributed by atoms with Crippen molar-refractivity contribution in [3.8, 4) is 5.75 Å². The molecule has 0 radical (unpaired) electrons. The minimum atomic E-state index is -3.79. The van der Waals surface area contributed by atoms with Gasteiger partial charge in [0.25, 0.3) is 0 Å². The highest BCUT2D eigenvalue weighted by molar-refractivity contribution is 7.89. The summed E-state index contributed by atoms with van der Waals surface area (Å²) < 4.78 is 45.2. The van der Waals surface area contributed by atoms with Crippen molar-refractivity contribution in [1.29, 1.82) is 0 Å². The van der Waals surface area contributed by atoms with Crippen LogP contribution in [0.5, 0.6) is 5.75 Å². The zero-order valence-electron chi connectivity index (χ0n) is 19.9. The molecule has 10 heteroatoms. The van der Waals surface area contributed by atoms with Gasteiger partial charge in [-0.25, -0.2) is 17.1 Å². The lowest BCUT2D eigenvalue weighted by Crippen LogP contribution is -2.55. The van der Waals surface area contributed by atoms with Gasteiger partial charge in [-0.1, -0.05) is 23.7 Å². The molecule has 188 valence electrons. The molecule has 0 aliphatic carbocycles. The molecule has 2 aliphatic rings. The summed E-state index contributed by atoms with van der Waals surface area (Å²) in [6.07, 6.45) is 4.78. The van der Waals surface area contributed by atoms with Crippen molar-refractivity contribution in [3.05, 3.63) is 64.4 Å². The molecule has 4 rings (SSSR count). The molecule has 0 aromatic heterocycles. The van der Waals surface area contributed by atoms with Gasteiger partial charge in [0.2, 0.25) is 15.9 Å². The lowest BCUT2D eigenvalue weighted by molar-refractivity contribution is -0.131. The SMILES string of the molecule is COc1cc(/C=C/C(=O)N2C3CCC2CN(Cc2ccc(F)cc2)C3)c(S(=O)(=O)N(C)C)cc1Cl. The summed E-state index contributed by atoms with van der Waals surface area (Å²) in [6, 6.07) is 9.53. The minimum Gasteiger partial charge on any atom is -0.495 e. The fraction of sp³-hybridized carbons (Fsp3) is 0.400. The van der Waals surface area contributed by atoms with Crippen LogP contribution in [0, 0.1) is 5.82 Å². The Morgan fingerprint density at radius 1 is 1.17 bits per heavy atom. The molecule has 2 saturated heterocycles. The van der Waals surface area contributed by atoms with E-state index in [-0.39, 0.29) is 33.7 Å². The largest absolute Gasteiger partial charge is 0.495 e. The van der Waals surface area contributed by atoms with Crippen LogP contribution in [0.3, 0.4) is 0 Å². The van der Waals surface area contributed by atoms with Gasteiger partial charge in [-0.15, -0.1) is 0 Å². The number of benzene rings is 2. The summed E-state index contributed by atoms with van der Waals surface area (Å²) in [4.78, 5) is 17.4. The molecule has 35 heavy (non-hydrogen) atoms.